The molecule has 66 valence electrons. The maximum Gasteiger partial charge on any atom is 0.0459 e. The molecule has 0 radical (unpaired) electrons. The minimum atomic E-state index is 0.348. The van der Waals surface area contributed by atoms with E-state index in [9.17, 15) is 0 Å². The van der Waals surface area contributed by atoms with E-state index in [4.69, 9.17) is 10.8 Å². The molecule has 0 aromatic rings. The number of rotatable bonds is 2. The van der Waals surface area contributed by atoms with Crippen molar-refractivity contribution in [1.29, 1.82) is 0 Å². The standard InChI is InChI=1S/C9H19NO/c1-7-2-8(5-10)4-9(3-7)6-11/h7-9,11H,2-6,10H2,1H3/t7-,8-,9+/m0/s1. The van der Waals surface area contributed by atoms with Crippen LogP contribution in [0.1, 0.15) is 26.2 Å². The Labute approximate surface area is 68.8 Å². The zero-order valence-corrected chi connectivity index (χ0v) is 7.29. The Morgan fingerprint density at radius 1 is 1.27 bits per heavy atom. The third-order valence-corrected chi connectivity index (χ3v) is 2.73. The van der Waals surface area contributed by atoms with E-state index in [2.05, 4.69) is 6.92 Å². The summed E-state index contributed by atoms with van der Waals surface area (Å²) in [5.74, 6) is 1.94. The molecule has 1 fully saturated rings. The SMILES string of the molecule is C[C@@H]1C[C@@H](CO)C[C@@H](CN)C1. The van der Waals surface area contributed by atoms with E-state index in [1.807, 2.05) is 0 Å². The van der Waals surface area contributed by atoms with Gasteiger partial charge in [0.2, 0.25) is 0 Å². The summed E-state index contributed by atoms with van der Waals surface area (Å²) in [5, 5.41) is 8.98. The van der Waals surface area contributed by atoms with E-state index in [0.29, 0.717) is 18.4 Å². The summed E-state index contributed by atoms with van der Waals surface area (Å²) < 4.78 is 0. The summed E-state index contributed by atoms with van der Waals surface area (Å²) in [6.45, 7) is 3.40. The van der Waals surface area contributed by atoms with Crippen LogP contribution in [0, 0.1) is 17.8 Å². The number of aliphatic hydroxyl groups is 1. The van der Waals surface area contributed by atoms with Crippen molar-refractivity contribution in [1.82, 2.24) is 0 Å². The van der Waals surface area contributed by atoms with Gasteiger partial charge in [-0.25, -0.2) is 0 Å². The summed E-state index contributed by atoms with van der Waals surface area (Å²) in [4.78, 5) is 0. The van der Waals surface area contributed by atoms with Gasteiger partial charge >= 0.3 is 0 Å². The van der Waals surface area contributed by atoms with Gasteiger partial charge in [0, 0.05) is 6.61 Å². The topological polar surface area (TPSA) is 46.2 Å². The van der Waals surface area contributed by atoms with Crippen LogP contribution in [0.15, 0.2) is 0 Å². The molecule has 2 nitrogen and oxygen atoms in total. The van der Waals surface area contributed by atoms with Gasteiger partial charge in [-0.05, 0) is 43.6 Å². The molecule has 3 N–H and O–H groups in total. The minimum Gasteiger partial charge on any atom is -0.396 e. The Balaban J connectivity index is 2.37. The molecular weight excluding hydrogens is 138 g/mol. The fraction of sp³-hybridized carbons (Fsp3) is 1.00. The largest absolute Gasteiger partial charge is 0.396 e. The highest BCUT2D eigenvalue weighted by Gasteiger charge is 2.24. The fourth-order valence-electron chi connectivity index (χ4n) is 2.24. The lowest BCUT2D eigenvalue weighted by molar-refractivity contribution is 0.134. The average molecular weight is 157 g/mol. The van der Waals surface area contributed by atoms with Crippen LogP contribution in [-0.2, 0) is 0 Å². The van der Waals surface area contributed by atoms with Crippen molar-refractivity contribution in [2.45, 2.75) is 26.2 Å². The molecule has 1 saturated carbocycles. The molecule has 0 bridgehead atoms. The molecule has 0 heterocycles. The fourth-order valence-corrected chi connectivity index (χ4v) is 2.24. The first kappa shape index (κ1) is 9.01. The lowest BCUT2D eigenvalue weighted by Gasteiger charge is -2.31. The summed E-state index contributed by atoms with van der Waals surface area (Å²) in [6, 6.07) is 0. The quantitative estimate of drug-likeness (QED) is 0.628. The second kappa shape index (κ2) is 4.07. The molecular formula is C9H19NO. The number of aliphatic hydroxyl groups excluding tert-OH is 1. The van der Waals surface area contributed by atoms with Crippen LogP contribution in [0.4, 0.5) is 0 Å². The van der Waals surface area contributed by atoms with Gasteiger partial charge in [0.1, 0.15) is 0 Å². The lowest BCUT2D eigenvalue weighted by atomic mass is 9.76. The zero-order valence-electron chi connectivity index (χ0n) is 7.29. The summed E-state index contributed by atoms with van der Waals surface area (Å²) in [5.41, 5.74) is 5.60. The van der Waals surface area contributed by atoms with E-state index in [1.165, 1.54) is 12.8 Å². The molecule has 2 heteroatoms. The van der Waals surface area contributed by atoms with Crippen molar-refractivity contribution in [3.63, 3.8) is 0 Å². The molecule has 11 heavy (non-hydrogen) atoms. The van der Waals surface area contributed by atoms with Crippen LogP contribution in [0.3, 0.4) is 0 Å². The van der Waals surface area contributed by atoms with Gasteiger partial charge in [0.05, 0.1) is 0 Å². The van der Waals surface area contributed by atoms with Crippen LogP contribution in [0.5, 0.6) is 0 Å². The highest BCUT2D eigenvalue weighted by Crippen LogP contribution is 2.31. The van der Waals surface area contributed by atoms with Gasteiger partial charge < -0.3 is 10.8 Å². The molecule has 0 amide bonds. The predicted octanol–water partition coefficient (Wildman–Crippen LogP) is 0.990. The van der Waals surface area contributed by atoms with E-state index in [1.54, 1.807) is 0 Å². The van der Waals surface area contributed by atoms with E-state index >= 15 is 0 Å². The first-order chi connectivity index (χ1) is 5.26. The molecule has 1 aliphatic carbocycles. The molecule has 0 unspecified atom stereocenters. The normalized spacial score (nSPS) is 39.0. The van der Waals surface area contributed by atoms with Gasteiger partial charge in [-0.15, -0.1) is 0 Å². The van der Waals surface area contributed by atoms with Gasteiger partial charge in [0.15, 0.2) is 0 Å². The van der Waals surface area contributed by atoms with Gasteiger partial charge in [0.25, 0.3) is 0 Å². The minimum absolute atomic E-state index is 0.348. The van der Waals surface area contributed by atoms with Crippen LogP contribution in [-0.4, -0.2) is 18.3 Å². The average Bonchev–Trinajstić information content (AvgIpc) is 2.03. The van der Waals surface area contributed by atoms with Crippen molar-refractivity contribution in [3.8, 4) is 0 Å². The second-order valence-corrected chi connectivity index (χ2v) is 3.96. The van der Waals surface area contributed by atoms with E-state index in [-0.39, 0.29) is 0 Å². The Morgan fingerprint density at radius 3 is 2.45 bits per heavy atom. The Bertz CT molecular complexity index is 104. The molecule has 1 rings (SSSR count). The van der Waals surface area contributed by atoms with Gasteiger partial charge in [-0.1, -0.05) is 6.92 Å². The lowest BCUT2D eigenvalue weighted by Crippen LogP contribution is -2.28. The summed E-state index contributed by atoms with van der Waals surface area (Å²) >= 11 is 0. The van der Waals surface area contributed by atoms with Gasteiger partial charge in [-0.2, -0.15) is 0 Å². The van der Waals surface area contributed by atoms with Crippen molar-refractivity contribution >= 4 is 0 Å². The molecule has 3 atom stereocenters. The first-order valence-corrected chi connectivity index (χ1v) is 4.57. The Hall–Kier alpha value is -0.0800. The van der Waals surface area contributed by atoms with Gasteiger partial charge in [-0.3, -0.25) is 0 Å². The third-order valence-electron chi connectivity index (χ3n) is 2.73. The van der Waals surface area contributed by atoms with Crippen molar-refractivity contribution in [2.75, 3.05) is 13.2 Å². The first-order valence-electron chi connectivity index (χ1n) is 4.57. The zero-order chi connectivity index (χ0) is 8.27. The molecule has 0 aliphatic heterocycles. The second-order valence-electron chi connectivity index (χ2n) is 3.96. The Morgan fingerprint density at radius 2 is 1.91 bits per heavy atom. The molecule has 0 saturated heterocycles. The Kier molecular flexibility index (Phi) is 3.34. The van der Waals surface area contributed by atoms with Crippen LogP contribution < -0.4 is 5.73 Å². The third kappa shape index (κ3) is 2.46. The maximum atomic E-state index is 8.98. The maximum absolute atomic E-state index is 8.98. The highest BCUT2D eigenvalue weighted by atomic mass is 16.3. The van der Waals surface area contributed by atoms with Crippen molar-refractivity contribution < 1.29 is 5.11 Å². The highest BCUT2D eigenvalue weighted by molar-refractivity contribution is 4.76. The van der Waals surface area contributed by atoms with Crippen LogP contribution >= 0.6 is 0 Å². The number of hydrogen-bond donors (Lipinski definition) is 2. The number of hydrogen-bond acceptors (Lipinski definition) is 2. The smallest absolute Gasteiger partial charge is 0.0459 e. The predicted molar refractivity (Wildman–Crippen MR) is 46.1 cm³/mol. The van der Waals surface area contributed by atoms with Crippen molar-refractivity contribution in [2.24, 2.45) is 23.5 Å². The van der Waals surface area contributed by atoms with E-state index < -0.39 is 0 Å². The van der Waals surface area contributed by atoms with E-state index in [0.717, 1.165) is 18.9 Å². The molecule has 1 aliphatic rings. The van der Waals surface area contributed by atoms with Crippen LogP contribution in [0.2, 0.25) is 0 Å². The number of nitrogens with two attached hydrogens (primary N) is 1. The molecule has 0 aromatic carbocycles. The van der Waals surface area contributed by atoms with Crippen LogP contribution in [0.25, 0.3) is 0 Å². The molecule has 0 aromatic heterocycles. The molecule has 0 spiro atoms. The van der Waals surface area contributed by atoms with Crippen molar-refractivity contribution in [3.05, 3.63) is 0 Å². The summed E-state index contributed by atoms with van der Waals surface area (Å²) in [7, 11) is 0. The summed E-state index contributed by atoms with van der Waals surface area (Å²) in [6.07, 6.45) is 3.58. The monoisotopic (exact) mass is 157 g/mol.